The summed E-state index contributed by atoms with van der Waals surface area (Å²) < 4.78 is 25.8. The number of benzene rings is 1. The van der Waals surface area contributed by atoms with Gasteiger partial charge in [-0.05, 0) is 47.5 Å². The van der Waals surface area contributed by atoms with E-state index < -0.39 is 10.0 Å². The lowest BCUT2D eigenvalue weighted by atomic mass is 10.1. The molecule has 0 bridgehead atoms. The highest BCUT2D eigenvalue weighted by Gasteiger charge is 2.15. The van der Waals surface area contributed by atoms with Crippen LogP contribution in [0.25, 0.3) is 11.1 Å². The average Bonchev–Trinajstić information content (AvgIpc) is 3.03. The minimum absolute atomic E-state index is 0.270. The number of rotatable bonds is 3. The van der Waals surface area contributed by atoms with Crippen LogP contribution >= 0.6 is 0 Å². The number of aromatic nitrogens is 2. The van der Waals surface area contributed by atoms with Gasteiger partial charge in [-0.3, -0.25) is 4.98 Å². The Morgan fingerprint density at radius 2 is 1.35 bits per heavy atom. The van der Waals surface area contributed by atoms with Crippen LogP contribution in [-0.4, -0.2) is 17.4 Å². The van der Waals surface area contributed by atoms with Crippen LogP contribution < -0.4 is 0 Å². The summed E-state index contributed by atoms with van der Waals surface area (Å²) in [6.45, 7) is 0. The second-order valence-corrected chi connectivity index (χ2v) is 6.12. The molecule has 0 saturated heterocycles. The first-order valence-electron chi connectivity index (χ1n) is 6.07. The summed E-state index contributed by atoms with van der Waals surface area (Å²) >= 11 is 0. The molecule has 0 spiro atoms. The van der Waals surface area contributed by atoms with Crippen molar-refractivity contribution in [2.75, 3.05) is 0 Å². The van der Waals surface area contributed by atoms with Gasteiger partial charge in [0.25, 0.3) is 10.0 Å². The van der Waals surface area contributed by atoms with Crippen LogP contribution in [0.2, 0.25) is 0 Å². The second-order valence-electron chi connectivity index (χ2n) is 4.28. The Labute approximate surface area is 117 Å². The molecule has 5 heteroatoms. The Morgan fingerprint density at radius 1 is 0.800 bits per heavy atom. The van der Waals surface area contributed by atoms with Crippen LogP contribution in [0.1, 0.15) is 0 Å². The molecule has 0 N–H and O–H groups in total. The third-order valence-corrected chi connectivity index (χ3v) is 4.69. The molecule has 0 fully saturated rings. The van der Waals surface area contributed by atoms with Crippen molar-refractivity contribution in [3.63, 3.8) is 0 Å². The number of nitrogens with zero attached hydrogens (tertiary/aromatic N) is 2. The van der Waals surface area contributed by atoms with Crippen LogP contribution in [0.3, 0.4) is 0 Å². The highest BCUT2D eigenvalue weighted by Crippen LogP contribution is 2.21. The van der Waals surface area contributed by atoms with E-state index >= 15 is 0 Å². The topological polar surface area (TPSA) is 52.0 Å². The molecule has 0 saturated carbocycles. The van der Waals surface area contributed by atoms with Crippen molar-refractivity contribution in [3.8, 4) is 11.1 Å². The maximum Gasteiger partial charge on any atom is 0.267 e. The van der Waals surface area contributed by atoms with Crippen molar-refractivity contribution >= 4 is 10.0 Å². The lowest BCUT2D eigenvalue weighted by Gasteiger charge is -2.07. The zero-order chi connectivity index (χ0) is 14.0. The second kappa shape index (κ2) is 4.94. The van der Waals surface area contributed by atoms with Gasteiger partial charge in [-0.15, -0.1) is 0 Å². The molecule has 0 unspecified atom stereocenters. The van der Waals surface area contributed by atoms with Crippen LogP contribution in [0.5, 0.6) is 0 Å². The van der Waals surface area contributed by atoms with Crippen molar-refractivity contribution < 1.29 is 8.42 Å². The van der Waals surface area contributed by atoms with Gasteiger partial charge in [-0.25, -0.2) is 12.4 Å². The Bertz CT molecular complexity index is 793. The minimum Gasteiger partial charge on any atom is -0.265 e. The van der Waals surface area contributed by atoms with Gasteiger partial charge in [-0.1, -0.05) is 12.1 Å². The van der Waals surface area contributed by atoms with Gasteiger partial charge in [0.2, 0.25) is 0 Å². The van der Waals surface area contributed by atoms with Crippen LogP contribution in [0.4, 0.5) is 0 Å². The van der Waals surface area contributed by atoms with Crippen LogP contribution in [0, 0.1) is 0 Å². The first-order chi connectivity index (χ1) is 9.68. The fourth-order valence-electron chi connectivity index (χ4n) is 1.96. The molecule has 0 aliphatic carbocycles. The monoisotopic (exact) mass is 284 g/mol. The molecule has 2 aromatic heterocycles. The van der Waals surface area contributed by atoms with Crippen molar-refractivity contribution in [2.45, 2.75) is 4.90 Å². The Morgan fingerprint density at radius 3 is 1.95 bits per heavy atom. The molecule has 0 aliphatic heterocycles. The van der Waals surface area contributed by atoms with Gasteiger partial charge in [0.15, 0.2) is 0 Å². The predicted octanol–water partition coefficient (Wildman–Crippen LogP) is 2.79. The fraction of sp³-hybridized carbons (Fsp3) is 0. The van der Waals surface area contributed by atoms with Gasteiger partial charge in [0.1, 0.15) is 0 Å². The normalized spacial score (nSPS) is 11.4. The van der Waals surface area contributed by atoms with E-state index in [2.05, 4.69) is 4.98 Å². The minimum atomic E-state index is -3.49. The van der Waals surface area contributed by atoms with Gasteiger partial charge < -0.3 is 0 Å². The third-order valence-electron chi connectivity index (χ3n) is 3.02. The molecule has 3 rings (SSSR count). The van der Waals surface area contributed by atoms with E-state index in [0.717, 1.165) is 11.1 Å². The number of hydrogen-bond acceptors (Lipinski definition) is 3. The standard InChI is InChI=1S/C15H12N2O2S/c18-20(19,17-11-1-2-12-17)15-5-3-13(4-6-15)14-7-9-16-10-8-14/h1-12H. The SMILES string of the molecule is O=S(=O)(c1ccc(-c2ccncc2)cc1)n1cccc1. The van der Waals surface area contributed by atoms with Crippen LogP contribution in [-0.2, 0) is 10.0 Å². The highest BCUT2D eigenvalue weighted by atomic mass is 32.2. The maximum absolute atomic E-state index is 12.3. The quantitative estimate of drug-likeness (QED) is 0.743. The molecule has 3 aromatic rings. The van der Waals surface area contributed by atoms with Crippen molar-refractivity contribution in [3.05, 3.63) is 73.3 Å². The third kappa shape index (κ3) is 2.23. The Hall–Kier alpha value is -2.40. The lowest BCUT2D eigenvalue weighted by molar-refractivity contribution is 0.587. The molecule has 0 atom stereocenters. The Balaban J connectivity index is 1.99. The summed E-state index contributed by atoms with van der Waals surface area (Å²) in [5.41, 5.74) is 1.96. The van der Waals surface area contributed by atoms with Crippen LogP contribution in [0.15, 0.2) is 78.2 Å². The number of hydrogen-bond donors (Lipinski definition) is 0. The summed E-state index contributed by atoms with van der Waals surface area (Å²) in [5.74, 6) is 0. The van der Waals surface area contributed by atoms with E-state index in [1.807, 2.05) is 12.1 Å². The predicted molar refractivity (Wildman–Crippen MR) is 76.7 cm³/mol. The largest absolute Gasteiger partial charge is 0.267 e. The van der Waals surface area contributed by atoms with Gasteiger partial charge in [0, 0.05) is 24.8 Å². The van der Waals surface area contributed by atoms with Crippen molar-refractivity contribution in [1.82, 2.24) is 8.96 Å². The molecular formula is C15H12N2O2S. The molecule has 0 radical (unpaired) electrons. The van der Waals surface area contributed by atoms with Gasteiger partial charge in [0.05, 0.1) is 4.90 Å². The Kier molecular flexibility index (Phi) is 3.12. The average molecular weight is 284 g/mol. The highest BCUT2D eigenvalue weighted by molar-refractivity contribution is 7.90. The van der Waals surface area contributed by atoms with E-state index in [1.165, 1.54) is 16.4 Å². The van der Waals surface area contributed by atoms with E-state index in [-0.39, 0.29) is 4.90 Å². The molecular weight excluding hydrogens is 272 g/mol. The first kappa shape index (κ1) is 12.6. The molecule has 100 valence electrons. The smallest absolute Gasteiger partial charge is 0.265 e. The van der Waals surface area contributed by atoms with Crippen molar-refractivity contribution in [1.29, 1.82) is 0 Å². The van der Waals surface area contributed by atoms with Crippen molar-refractivity contribution in [2.24, 2.45) is 0 Å². The molecule has 0 aliphatic rings. The summed E-state index contributed by atoms with van der Waals surface area (Å²) in [7, 11) is -3.49. The lowest BCUT2D eigenvalue weighted by Crippen LogP contribution is -2.10. The summed E-state index contributed by atoms with van der Waals surface area (Å²) in [6.07, 6.45) is 6.46. The van der Waals surface area contributed by atoms with Gasteiger partial charge >= 0.3 is 0 Å². The van der Waals surface area contributed by atoms with E-state index in [4.69, 9.17) is 0 Å². The van der Waals surface area contributed by atoms with E-state index in [1.54, 1.807) is 48.8 Å². The van der Waals surface area contributed by atoms with Gasteiger partial charge in [-0.2, -0.15) is 0 Å². The molecule has 2 heterocycles. The molecule has 20 heavy (non-hydrogen) atoms. The van der Waals surface area contributed by atoms with E-state index in [9.17, 15) is 8.42 Å². The summed E-state index contributed by atoms with van der Waals surface area (Å²) in [5, 5.41) is 0. The number of pyridine rings is 1. The molecule has 4 nitrogen and oxygen atoms in total. The maximum atomic E-state index is 12.3. The molecule has 0 amide bonds. The first-order valence-corrected chi connectivity index (χ1v) is 7.51. The fourth-order valence-corrected chi connectivity index (χ4v) is 3.15. The summed E-state index contributed by atoms with van der Waals surface area (Å²) in [6, 6.07) is 14.0. The zero-order valence-electron chi connectivity index (χ0n) is 10.5. The van der Waals surface area contributed by atoms with E-state index in [0.29, 0.717) is 0 Å². The zero-order valence-corrected chi connectivity index (χ0v) is 11.4. The summed E-state index contributed by atoms with van der Waals surface area (Å²) in [4.78, 5) is 4.23. The molecule has 1 aromatic carbocycles.